The molecule has 31 heavy (non-hydrogen) atoms. The van der Waals surface area contributed by atoms with Crippen LogP contribution in [0.5, 0.6) is 11.5 Å². The van der Waals surface area contributed by atoms with Crippen LogP contribution in [0.15, 0.2) is 53.8 Å². The number of hydrogen-bond donors (Lipinski definition) is 1. The van der Waals surface area contributed by atoms with Crippen LogP contribution in [-0.4, -0.2) is 48.0 Å². The van der Waals surface area contributed by atoms with Gasteiger partial charge in [-0.1, -0.05) is 23.4 Å². The molecule has 1 amide bonds. The number of oxime groups is 1. The first-order chi connectivity index (χ1) is 15.2. The molecular weight excluding hydrogens is 394 g/mol. The molecule has 7 nitrogen and oxygen atoms in total. The van der Waals surface area contributed by atoms with E-state index in [1.807, 2.05) is 36.1 Å². The highest BCUT2D eigenvalue weighted by molar-refractivity contribution is 5.99. The molecule has 1 N–H and O–H groups in total. The van der Waals surface area contributed by atoms with E-state index in [1.54, 1.807) is 0 Å². The van der Waals surface area contributed by atoms with Gasteiger partial charge < -0.3 is 24.2 Å². The van der Waals surface area contributed by atoms with Crippen LogP contribution in [0.3, 0.4) is 0 Å². The van der Waals surface area contributed by atoms with Crippen LogP contribution in [0.25, 0.3) is 10.9 Å². The summed E-state index contributed by atoms with van der Waals surface area (Å²) in [7, 11) is 0. The lowest BCUT2D eigenvalue weighted by atomic mass is 9.89. The van der Waals surface area contributed by atoms with Crippen LogP contribution < -0.4 is 9.47 Å². The van der Waals surface area contributed by atoms with Crippen LogP contribution in [-0.2, 0) is 9.63 Å². The van der Waals surface area contributed by atoms with Crippen LogP contribution in [0.1, 0.15) is 36.8 Å². The van der Waals surface area contributed by atoms with Gasteiger partial charge in [0.05, 0.1) is 5.71 Å². The van der Waals surface area contributed by atoms with Crippen LogP contribution in [0, 0.1) is 0 Å². The lowest BCUT2D eigenvalue weighted by molar-refractivity contribution is -0.137. The van der Waals surface area contributed by atoms with Crippen LogP contribution in [0.2, 0.25) is 0 Å². The fraction of sp³-hybridized carbons (Fsp3) is 0.333. The minimum Gasteiger partial charge on any atom is -0.454 e. The number of rotatable bonds is 5. The smallest absolute Gasteiger partial charge is 0.263 e. The molecule has 1 saturated heterocycles. The molecule has 160 valence electrons. The molecule has 2 aliphatic heterocycles. The highest BCUT2D eigenvalue weighted by Crippen LogP contribution is 2.34. The number of carbonyl (C=O) groups excluding carboxylic acids is 1. The number of H-pyrrole nitrogens is 1. The van der Waals surface area contributed by atoms with Gasteiger partial charge in [-0.15, -0.1) is 0 Å². The fourth-order valence-corrected chi connectivity index (χ4v) is 4.32. The second-order valence-corrected chi connectivity index (χ2v) is 7.96. The molecule has 0 unspecified atom stereocenters. The number of aromatic nitrogens is 1. The van der Waals surface area contributed by atoms with E-state index >= 15 is 0 Å². The lowest BCUT2D eigenvalue weighted by Gasteiger charge is -2.31. The Kier molecular flexibility index (Phi) is 5.24. The molecule has 0 aliphatic carbocycles. The predicted molar refractivity (Wildman–Crippen MR) is 118 cm³/mol. The van der Waals surface area contributed by atoms with E-state index in [9.17, 15) is 4.79 Å². The Morgan fingerprint density at radius 3 is 2.84 bits per heavy atom. The topological polar surface area (TPSA) is 76.2 Å². The number of aromatic amines is 1. The summed E-state index contributed by atoms with van der Waals surface area (Å²) < 4.78 is 10.7. The van der Waals surface area contributed by atoms with E-state index in [2.05, 4.69) is 34.5 Å². The number of para-hydroxylation sites is 1. The number of benzene rings is 2. The normalized spacial score (nSPS) is 16.7. The van der Waals surface area contributed by atoms with Gasteiger partial charge in [0, 0.05) is 35.8 Å². The second kappa shape index (κ2) is 8.34. The summed E-state index contributed by atoms with van der Waals surface area (Å²) in [4.78, 5) is 23.2. The monoisotopic (exact) mass is 419 g/mol. The molecule has 0 saturated carbocycles. The quantitative estimate of drug-likeness (QED) is 0.500. The first-order valence-electron chi connectivity index (χ1n) is 10.6. The average molecular weight is 419 g/mol. The summed E-state index contributed by atoms with van der Waals surface area (Å²) in [5.41, 5.74) is 4.07. The minimum atomic E-state index is -0.0559. The van der Waals surface area contributed by atoms with Crippen molar-refractivity contribution in [2.45, 2.75) is 25.7 Å². The summed E-state index contributed by atoms with van der Waals surface area (Å²) >= 11 is 0. The summed E-state index contributed by atoms with van der Waals surface area (Å²) in [6.07, 6.45) is 4.02. The largest absolute Gasteiger partial charge is 0.454 e. The van der Waals surface area contributed by atoms with Crippen LogP contribution in [0.4, 0.5) is 0 Å². The average Bonchev–Trinajstić information content (AvgIpc) is 3.45. The van der Waals surface area contributed by atoms with Crippen molar-refractivity contribution in [3.05, 3.63) is 59.8 Å². The SMILES string of the molecule is C/C(=N\OCC(=O)N1CCC(c2c[nH]c3ccccc23)CC1)c1ccc2c(c1)OCO2. The number of nitrogens with one attached hydrogen (secondary N) is 1. The molecule has 0 atom stereocenters. The Morgan fingerprint density at radius 1 is 1.16 bits per heavy atom. The first-order valence-corrected chi connectivity index (χ1v) is 10.6. The molecule has 0 spiro atoms. The predicted octanol–water partition coefficient (Wildman–Crippen LogP) is 4.04. The molecule has 5 rings (SSSR count). The van der Waals surface area contributed by atoms with E-state index in [0.29, 0.717) is 17.4 Å². The van der Waals surface area contributed by atoms with E-state index in [0.717, 1.165) is 37.2 Å². The highest BCUT2D eigenvalue weighted by Gasteiger charge is 2.25. The summed E-state index contributed by atoms with van der Waals surface area (Å²) in [5.74, 6) is 1.86. The number of nitrogens with zero attached hydrogens (tertiary/aromatic N) is 2. The standard InChI is InChI=1S/C24H25N3O4/c1-16(18-6-7-22-23(12-18)30-15-29-22)26-31-14-24(28)27-10-8-17(9-11-27)20-13-25-21-5-3-2-4-19(20)21/h2-7,12-13,17,25H,8-11,14-15H2,1H3/b26-16+. The number of fused-ring (bicyclic) bond motifs is 2. The summed E-state index contributed by atoms with van der Waals surface area (Å²) in [6, 6.07) is 14.0. The van der Waals surface area contributed by atoms with Crippen molar-refractivity contribution in [2.24, 2.45) is 5.16 Å². The number of likely N-dealkylation sites (tertiary alicyclic amines) is 1. The third-order valence-corrected chi connectivity index (χ3v) is 6.09. The lowest BCUT2D eigenvalue weighted by Crippen LogP contribution is -2.39. The minimum absolute atomic E-state index is 0.0281. The van der Waals surface area contributed by atoms with Crippen molar-refractivity contribution >= 4 is 22.5 Å². The van der Waals surface area contributed by atoms with Crippen molar-refractivity contribution in [1.82, 2.24) is 9.88 Å². The zero-order valence-corrected chi connectivity index (χ0v) is 17.5. The van der Waals surface area contributed by atoms with Crippen molar-refractivity contribution < 1.29 is 19.1 Å². The molecule has 1 aromatic heterocycles. The first kappa shape index (κ1) is 19.5. The molecule has 3 heterocycles. The fourth-order valence-electron chi connectivity index (χ4n) is 4.32. The van der Waals surface area contributed by atoms with Gasteiger partial charge in [0.25, 0.3) is 5.91 Å². The van der Waals surface area contributed by atoms with Gasteiger partial charge >= 0.3 is 0 Å². The van der Waals surface area contributed by atoms with Crippen LogP contribution >= 0.6 is 0 Å². The Balaban J connectivity index is 1.14. The second-order valence-electron chi connectivity index (χ2n) is 7.96. The third kappa shape index (κ3) is 3.95. The number of hydrogen-bond acceptors (Lipinski definition) is 5. The molecule has 0 bridgehead atoms. The molecule has 7 heteroatoms. The van der Waals surface area contributed by atoms with Crippen molar-refractivity contribution in [3.63, 3.8) is 0 Å². The molecule has 3 aromatic rings. The number of ether oxygens (including phenoxy) is 2. The van der Waals surface area contributed by atoms with Gasteiger partial charge in [0.1, 0.15) is 0 Å². The molecule has 2 aromatic carbocycles. The van der Waals surface area contributed by atoms with Crippen molar-refractivity contribution in [1.29, 1.82) is 0 Å². The molecule has 1 fully saturated rings. The maximum absolute atomic E-state index is 12.6. The van der Waals surface area contributed by atoms with E-state index < -0.39 is 0 Å². The van der Waals surface area contributed by atoms with Crippen molar-refractivity contribution in [3.8, 4) is 11.5 Å². The van der Waals surface area contributed by atoms with Gasteiger partial charge in [-0.25, -0.2) is 0 Å². The maximum atomic E-state index is 12.6. The van der Waals surface area contributed by atoms with Gasteiger partial charge in [-0.3, -0.25) is 4.79 Å². The molecule has 0 radical (unpaired) electrons. The Labute approximate surface area is 180 Å². The third-order valence-electron chi connectivity index (χ3n) is 6.09. The maximum Gasteiger partial charge on any atom is 0.263 e. The molecule has 2 aliphatic rings. The van der Waals surface area contributed by atoms with Crippen molar-refractivity contribution in [2.75, 3.05) is 26.5 Å². The van der Waals surface area contributed by atoms with Gasteiger partial charge in [-0.05, 0) is 55.5 Å². The van der Waals surface area contributed by atoms with Gasteiger partial charge in [0.2, 0.25) is 6.79 Å². The number of amides is 1. The number of carbonyl (C=O) groups is 1. The Bertz CT molecular complexity index is 1130. The molecular formula is C24H25N3O4. The Hall–Kier alpha value is -3.48. The highest BCUT2D eigenvalue weighted by atomic mass is 16.7. The summed E-state index contributed by atoms with van der Waals surface area (Å²) in [6.45, 7) is 3.49. The Morgan fingerprint density at radius 2 is 1.97 bits per heavy atom. The zero-order valence-electron chi connectivity index (χ0n) is 17.5. The number of piperidine rings is 1. The van der Waals surface area contributed by atoms with Gasteiger partial charge in [-0.2, -0.15) is 0 Å². The zero-order chi connectivity index (χ0) is 21.2. The van der Waals surface area contributed by atoms with E-state index in [1.165, 1.54) is 16.5 Å². The van der Waals surface area contributed by atoms with E-state index in [4.69, 9.17) is 14.3 Å². The summed E-state index contributed by atoms with van der Waals surface area (Å²) in [5, 5.41) is 5.39. The van der Waals surface area contributed by atoms with E-state index in [-0.39, 0.29) is 19.3 Å². The van der Waals surface area contributed by atoms with Gasteiger partial charge in [0.15, 0.2) is 18.1 Å².